The lowest BCUT2D eigenvalue weighted by Crippen LogP contribution is -2.56. The maximum Gasteiger partial charge on any atom is 0.000800 e. The normalized spacial score (nSPS) is 42.6. The van der Waals surface area contributed by atoms with Crippen molar-refractivity contribution in [1.82, 2.24) is 0 Å². The molecule has 12 unspecified atom stereocenters. The van der Waals surface area contributed by atoms with Gasteiger partial charge < -0.3 is 0 Å². The maximum absolute atomic E-state index is 4.20. The van der Waals surface area contributed by atoms with Crippen LogP contribution in [0.25, 0.3) is 0 Å². The Morgan fingerprint density at radius 2 is 1.54 bits per heavy atom. The minimum atomic E-state index is 0.674. The fourth-order valence-electron chi connectivity index (χ4n) is 10.3. The molecule has 0 nitrogen and oxygen atoms in total. The minimum Gasteiger partial charge on any atom is -0.110 e. The number of rotatable bonds is 6. The Morgan fingerprint density at radius 3 is 2.10 bits per heavy atom. The molecule has 0 radical (unpaired) electrons. The molecule has 1 aliphatic heterocycles. The molecular formula is C38H73P. The molecule has 0 aromatic heterocycles. The van der Waals surface area contributed by atoms with Gasteiger partial charge in [-0.2, -0.15) is 0 Å². The molecule has 0 bridgehead atoms. The summed E-state index contributed by atoms with van der Waals surface area (Å²) in [4.78, 5) is 0. The van der Waals surface area contributed by atoms with Crippen LogP contribution in [-0.2, 0) is 0 Å². The summed E-state index contributed by atoms with van der Waals surface area (Å²) >= 11 is 0. The number of hydrogen-bond donors (Lipinski definition) is 0. The highest BCUT2D eigenvalue weighted by atomic mass is 31.1. The molecule has 0 N–H and O–H groups in total. The highest BCUT2D eigenvalue weighted by Crippen LogP contribution is 2.82. The molecule has 230 valence electrons. The molecule has 5 rings (SSSR count). The van der Waals surface area contributed by atoms with Gasteiger partial charge in [0.1, 0.15) is 0 Å². The summed E-state index contributed by atoms with van der Waals surface area (Å²) in [7, 11) is 1.32. The number of allylic oxidation sites excluding steroid dienone is 1. The van der Waals surface area contributed by atoms with Crippen LogP contribution in [0.4, 0.5) is 0 Å². The van der Waals surface area contributed by atoms with E-state index >= 15 is 0 Å². The molecule has 0 aromatic rings. The molecule has 4 aliphatic carbocycles. The molecule has 1 saturated heterocycles. The fourth-order valence-corrected chi connectivity index (χ4v) is 13.0. The summed E-state index contributed by atoms with van der Waals surface area (Å²) in [5.41, 5.74) is 3.19. The van der Waals surface area contributed by atoms with Gasteiger partial charge in [-0.05, 0) is 135 Å². The quantitative estimate of drug-likeness (QED) is 0.224. The molecule has 12 atom stereocenters. The smallest absolute Gasteiger partial charge is 0.000800 e. The van der Waals surface area contributed by atoms with Crippen molar-refractivity contribution < 1.29 is 0 Å². The molecule has 4 saturated carbocycles. The Kier molecular flexibility index (Phi) is 14.1. The van der Waals surface area contributed by atoms with E-state index in [1.165, 1.54) is 52.7 Å². The van der Waals surface area contributed by atoms with Crippen molar-refractivity contribution in [3.63, 3.8) is 0 Å². The minimum absolute atomic E-state index is 0.674. The van der Waals surface area contributed by atoms with E-state index < -0.39 is 0 Å². The first-order valence-corrected chi connectivity index (χ1v) is 19.0. The maximum atomic E-state index is 4.20. The van der Waals surface area contributed by atoms with Crippen molar-refractivity contribution in [3.05, 3.63) is 12.2 Å². The first-order valence-electron chi connectivity index (χ1n) is 17.9. The van der Waals surface area contributed by atoms with Crippen LogP contribution in [0.5, 0.6) is 0 Å². The second-order valence-corrected chi connectivity index (χ2v) is 17.3. The first-order chi connectivity index (χ1) is 18.5. The lowest BCUT2D eigenvalue weighted by molar-refractivity contribution is -0.111. The molecule has 5 aliphatic rings. The van der Waals surface area contributed by atoms with Crippen molar-refractivity contribution in [2.75, 3.05) is 0 Å². The van der Waals surface area contributed by atoms with Gasteiger partial charge in [0.15, 0.2) is 0 Å². The van der Waals surface area contributed by atoms with Crippen LogP contribution in [0.15, 0.2) is 12.2 Å². The Morgan fingerprint density at radius 1 is 0.923 bits per heavy atom. The van der Waals surface area contributed by atoms with E-state index in [0.29, 0.717) is 5.41 Å². The Balaban J connectivity index is 0.000000602. The molecule has 5 fully saturated rings. The number of hydrogen-bond acceptors (Lipinski definition) is 0. The van der Waals surface area contributed by atoms with Crippen molar-refractivity contribution in [3.8, 4) is 0 Å². The topological polar surface area (TPSA) is 0 Å². The average Bonchev–Trinajstić information content (AvgIpc) is 3.48. The van der Waals surface area contributed by atoms with Crippen molar-refractivity contribution >= 4 is 8.58 Å². The van der Waals surface area contributed by atoms with Gasteiger partial charge in [-0.3, -0.25) is 0 Å². The molecule has 0 amide bonds. The van der Waals surface area contributed by atoms with Crippen LogP contribution in [-0.4, -0.2) is 10.8 Å². The van der Waals surface area contributed by atoms with Crippen molar-refractivity contribution in [1.29, 1.82) is 0 Å². The predicted octanol–water partition coefficient (Wildman–Crippen LogP) is 12.8. The van der Waals surface area contributed by atoms with Crippen LogP contribution in [0.1, 0.15) is 160 Å². The average molecular weight is 561 g/mol. The summed E-state index contributed by atoms with van der Waals surface area (Å²) < 4.78 is 0. The van der Waals surface area contributed by atoms with E-state index in [4.69, 9.17) is 0 Å². The standard InChI is InChI=1S/C30H51P.2C3H8.C2H6/c1-18(2)8-9-20(5)24-10-11-25-28-21(6)15-23-16-22(14-19(3)4)12-13-29(23,7)26(28)17-27-30(24,25)31-27;2*1-3-2;1-2/h19-28,31H,1,8-17H2,2-7H3;2*3H2,1-2H3;1-2H3. The Labute approximate surface area is 249 Å². The molecular weight excluding hydrogens is 487 g/mol. The van der Waals surface area contributed by atoms with E-state index in [1.54, 1.807) is 38.5 Å². The summed E-state index contributed by atoms with van der Waals surface area (Å²) in [5.74, 6) is 9.10. The highest BCUT2D eigenvalue weighted by molar-refractivity contribution is 7.50. The van der Waals surface area contributed by atoms with Gasteiger partial charge in [0, 0.05) is 5.16 Å². The predicted molar refractivity (Wildman–Crippen MR) is 181 cm³/mol. The van der Waals surface area contributed by atoms with Gasteiger partial charge in [-0.25, -0.2) is 0 Å². The molecule has 1 heterocycles. The van der Waals surface area contributed by atoms with Crippen LogP contribution in [0.2, 0.25) is 0 Å². The van der Waals surface area contributed by atoms with Crippen LogP contribution < -0.4 is 0 Å². The second-order valence-electron chi connectivity index (χ2n) is 15.4. The fraction of sp³-hybridized carbons (Fsp3) is 0.947. The third-order valence-corrected chi connectivity index (χ3v) is 14.0. The largest absolute Gasteiger partial charge is 0.110 e. The lowest BCUT2D eigenvalue weighted by Gasteiger charge is -2.61. The third kappa shape index (κ3) is 7.58. The SMILES string of the molecule is C=C(C)CCC(C)C1CCC2C3C(C)CC4CC(CC(C)C)CCC4(C)C3CC3PC312.CC.CCC.CCC. The second kappa shape index (κ2) is 15.6. The van der Waals surface area contributed by atoms with Gasteiger partial charge in [-0.15, -0.1) is 15.2 Å². The van der Waals surface area contributed by atoms with Crippen LogP contribution >= 0.6 is 8.58 Å². The zero-order valence-corrected chi connectivity index (χ0v) is 30.0. The molecule has 1 spiro atoms. The van der Waals surface area contributed by atoms with E-state index in [-0.39, 0.29) is 0 Å². The zero-order valence-electron chi connectivity index (χ0n) is 29.0. The summed E-state index contributed by atoms with van der Waals surface area (Å²) in [6, 6.07) is 0. The van der Waals surface area contributed by atoms with Gasteiger partial charge in [0.05, 0.1) is 0 Å². The Hall–Kier alpha value is 0.170. The van der Waals surface area contributed by atoms with Crippen LogP contribution in [0, 0.1) is 58.7 Å². The third-order valence-electron chi connectivity index (χ3n) is 11.7. The first kappa shape index (κ1) is 35.4. The van der Waals surface area contributed by atoms with Gasteiger partial charge >= 0.3 is 0 Å². The van der Waals surface area contributed by atoms with E-state index in [9.17, 15) is 0 Å². The summed E-state index contributed by atoms with van der Waals surface area (Å²) in [6.07, 6.45) is 17.6. The van der Waals surface area contributed by atoms with E-state index in [2.05, 4.69) is 75.8 Å². The van der Waals surface area contributed by atoms with Gasteiger partial charge in [-0.1, -0.05) is 94.6 Å². The lowest BCUT2D eigenvalue weighted by atomic mass is 9.44. The molecule has 1 heteroatoms. The van der Waals surface area contributed by atoms with Crippen molar-refractivity contribution in [2.45, 2.75) is 171 Å². The Bertz CT molecular complexity index is 722. The van der Waals surface area contributed by atoms with Gasteiger partial charge in [0.2, 0.25) is 0 Å². The highest BCUT2D eigenvalue weighted by Gasteiger charge is 2.73. The monoisotopic (exact) mass is 561 g/mol. The van der Waals surface area contributed by atoms with E-state index in [0.717, 1.165) is 64.1 Å². The zero-order chi connectivity index (χ0) is 29.5. The number of fused-ring (bicyclic) bond motifs is 4. The molecule has 39 heavy (non-hydrogen) atoms. The van der Waals surface area contributed by atoms with Crippen molar-refractivity contribution in [2.24, 2.45) is 58.7 Å². The van der Waals surface area contributed by atoms with Crippen LogP contribution in [0.3, 0.4) is 0 Å². The molecule has 0 aromatic carbocycles. The van der Waals surface area contributed by atoms with E-state index in [1.807, 2.05) is 13.8 Å². The van der Waals surface area contributed by atoms with Gasteiger partial charge in [0.25, 0.3) is 0 Å². The summed E-state index contributed by atoms with van der Waals surface area (Å²) in [5, 5.41) is 0.807. The summed E-state index contributed by atoms with van der Waals surface area (Å²) in [6.45, 7) is 31.9.